The minimum absolute atomic E-state index is 0.0223. The van der Waals surface area contributed by atoms with Crippen LogP contribution in [0.15, 0.2) is 72.8 Å². The molecule has 0 aromatic heterocycles. The second kappa shape index (κ2) is 21.8. The molecule has 19 heteroatoms. The molecule has 10 aliphatic rings. The molecule has 1 saturated heterocycles. The standard InChI is InChI=1S/C33H36Cl2FN3O3.C15H8Cl2FNO.C12H20N2O3/c1-19(40)30-12-15-31(16-13-30,17-14-30)39-28(41)27-25(21-6-5-7-23(35)26(21)36)33(32(38-27)10-3-2-4-11-32)22-9-8-20(34)18-24(22)37-29(33)42;16-9-4-5-10-11(15(20)19-13(10)7-9)6-8-2-1-3-12(17)14(8)18;1-17-10(16)11-2-5-12(6-3-11,7-4-11)14-9(15)8-13/h5-9,18,25,27,38H,2-4,10-17H2,1H3,(H,37,42)(H,39,41);1-7H,(H,19,20);2-8,13H2,1H3,(H,14,15)/t25-,27+,30?,31?,33+;;/m0../s1. The maximum absolute atomic E-state index is 16.1. The number of methoxy groups -OCH3 is 1. The van der Waals surface area contributed by atoms with Crippen LogP contribution >= 0.6 is 46.4 Å². The molecule has 13 nitrogen and oxygen atoms in total. The summed E-state index contributed by atoms with van der Waals surface area (Å²) in [6.07, 6.45) is 15.1. The highest BCUT2D eigenvalue weighted by atomic mass is 35.5. The zero-order chi connectivity index (χ0) is 56.3. The van der Waals surface area contributed by atoms with Crippen molar-refractivity contribution >= 4 is 105 Å². The van der Waals surface area contributed by atoms with Gasteiger partial charge in [0, 0.05) is 60.4 Å². The van der Waals surface area contributed by atoms with Crippen molar-refractivity contribution in [1.82, 2.24) is 16.0 Å². The lowest BCUT2D eigenvalue weighted by molar-refractivity contribution is -0.160. The van der Waals surface area contributed by atoms with E-state index >= 15 is 4.39 Å². The Balaban J connectivity index is 0.000000157. The molecule has 7 saturated carbocycles. The third-order valence-electron chi connectivity index (χ3n) is 19.2. The van der Waals surface area contributed by atoms with E-state index in [2.05, 4.69) is 26.6 Å². The molecule has 14 rings (SSSR count). The average molecular weight is 1160 g/mol. The van der Waals surface area contributed by atoms with Crippen molar-refractivity contribution in [3.8, 4) is 0 Å². The molecule has 0 unspecified atom stereocenters. The Kier molecular flexibility index (Phi) is 15.7. The van der Waals surface area contributed by atoms with Crippen molar-refractivity contribution in [1.29, 1.82) is 0 Å². The molecule has 418 valence electrons. The monoisotopic (exact) mass is 1160 g/mol. The van der Waals surface area contributed by atoms with Crippen LogP contribution in [0.2, 0.25) is 20.1 Å². The predicted molar refractivity (Wildman–Crippen MR) is 302 cm³/mol. The third-order valence-corrected chi connectivity index (χ3v) is 20.2. The number of carbonyl (C=O) groups is 6. The van der Waals surface area contributed by atoms with Gasteiger partial charge in [0.25, 0.3) is 5.91 Å². The Hall–Kier alpha value is -5.42. The summed E-state index contributed by atoms with van der Waals surface area (Å²) in [6.45, 7) is 1.72. The molecule has 7 N–H and O–H groups in total. The van der Waals surface area contributed by atoms with E-state index in [4.69, 9.17) is 56.9 Å². The van der Waals surface area contributed by atoms with Gasteiger partial charge in [0.05, 0.1) is 40.8 Å². The number of carbonyl (C=O) groups excluding carboxylic acids is 6. The van der Waals surface area contributed by atoms with E-state index in [0.717, 1.165) is 102 Å². The van der Waals surface area contributed by atoms with Crippen LogP contribution in [0.25, 0.3) is 11.6 Å². The minimum Gasteiger partial charge on any atom is -0.469 e. The quantitative estimate of drug-likeness (QED) is 0.0734. The number of fused-ring (bicyclic) bond motifs is 10. The van der Waals surface area contributed by atoms with Gasteiger partial charge in [-0.3, -0.25) is 34.1 Å². The zero-order valence-corrected chi connectivity index (χ0v) is 47.1. The number of benzene rings is 4. The van der Waals surface area contributed by atoms with Gasteiger partial charge in [0.15, 0.2) is 0 Å². The predicted octanol–water partition coefficient (Wildman–Crippen LogP) is 11.5. The number of ketones is 1. The zero-order valence-electron chi connectivity index (χ0n) is 44.1. The van der Waals surface area contributed by atoms with Gasteiger partial charge in [-0.25, -0.2) is 8.78 Å². The maximum atomic E-state index is 16.1. The topological polar surface area (TPSA) is 198 Å². The van der Waals surface area contributed by atoms with Crippen molar-refractivity contribution in [3.05, 3.63) is 127 Å². The van der Waals surface area contributed by atoms with E-state index in [1.165, 1.54) is 25.3 Å². The number of amides is 4. The molecule has 7 aliphatic carbocycles. The summed E-state index contributed by atoms with van der Waals surface area (Å²) in [7, 11) is 1.45. The van der Waals surface area contributed by atoms with Crippen LogP contribution in [0.5, 0.6) is 0 Å². The van der Waals surface area contributed by atoms with Crippen molar-refractivity contribution in [2.45, 2.75) is 150 Å². The van der Waals surface area contributed by atoms with Crippen LogP contribution in [0.1, 0.15) is 144 Å². The number of hydrogen-bond acceptors (Lipinski definition) is 9. The molecule has 0 radical (unpaired) electrons. The summed E-state index contributed by atoms with van der Waals surface area (Å²) in [6, 6.07) is 19.1. The number of ether oxygens (including phenoxy) is 1. The number of nitrogens with two attached hydrogens (primary N) is 1. The molecule has 3 atom stereocenters. The fourth-order valence-corrected chi connectivity index (χ4v) is 15.5. The summed E-state index contributed by atoms with van der Waals surface area (Å²) >= 11 is 24.3. The van der Waals surface area contributed by atoms with Gasteiger partial charge in [-0.2, -0.15) is 0 Å². The molecule has 4 aromatic rings. The lowest BCUT2D eigenvalue weighted by Gasteiger charge is -2.53. The highest BCUT2D eigenvalue weighted by molar-refractivity contribution is 6.37. The SMILES string of the molecule is CC(=O)C12CCC(NC(=O)[C@@H]3NC4(CCCCC4)[C@@]4(C(=O)Nc5cc(Cl)ccc54)[C@H]3c3cccc(Cl)c3F)(CC1)CC2.COC(=O)C12CCC(NC(=O)CN)(CC1)CC2.O=C1Nc2cc(Cl)ccc2C1=Cc1cccc(Cl)c1F. The normalized spacial score (nSPS) is 29.8. The Morgan fingerprint density at radius 2 is 1.27 bits per heavy atom. The van der Waals surface area contributed by atoms with Gasteiger partial charge >= 0.3 is 5.97 Å². The summed E-state index contributed by atoms with van der Waals surface area (Å²) in [5.74, 6) is -2.71. The first kappa shape index (κ1) is 56.8. The van der Waals surface area contributed by atoms with Gasteiger partial charge in [0.2, 0.25) is 17.7 Å². The Labute approximate surface area is 478 Å². The Morgan fingerprint density at radius 1 is 0.696 bits per heavy atom. The lowest BCUT2D eigenvalue weighted by Crippen LogP contribution is -2.62. The average Bonchev–Trinajstić information content (AvgIpc) is 3.77. The Bertz CT molecular complexity index is 3150. The number of nitrogens with one attached hydrogen (secondary N) is 5. The van der Waals surface area contributed by atoms with E-state index in [1.54, 1.807) is 61.5 Å². The van der Waals surface area contributed by atoms with E-state index in [1.807, 2.05) is 6.07 Å². The number of halogens is 6. The third kappa shape index (κ3) is 9.95. The van der Waals surface area contributed by atoms with E-state index < -0.39 is 40.1 Å². The van der Waals surface area contributed by atoms with Crippen molar-refractivity contribution in [3.63, 3.8) is 0 Å². The first-order valence-corrected chi connectivity index (χ1v) is 28.7. The minimum atomic E-state index is -1.25. The van der Waals surface area contributed by atoms with Crippen LogP contribution in [-0.4, -0.2) is 71.7 Å². The van der Waals surface area contributed by atoms with Crippen molar-refractivity contribution in [2.24, 2.45) is 16.6 Å². The summed E-state index contributed by atoms with van der Waals surface area (Å²) in [4.78, 5) is 76.7. The fraction of sp³-hybridized carbons (Fsp3) is 0.467. The molecule has 3 heterocycles. The largest absolute Gasteiger partial charge is 0.469 e. The molecule has 4 amide bonds. The van der Waals surface area contributed by atoms with Crippen LogP contribution in [0, 0.1) is 22.5 Å². The lowest BCUT2D eigenvalue weighted by atomic mass is 9.55. The molecular weight excluding hydrogens is 1100 g/mol. The maximum Gasteiger partial charge on any atom is 0.311 e. The summed E-state index contributed by atoms with van der Waals surface area (Å²) in [5, 5.41) is 16.9. The van der Waals surface area contributed by atoms with Crippen LogP contribution in [-0.2, 0) is 38.9 Å². The number of anilines is 2. The number of Topliss-reactive ketones (excluding diaryl/α,β-unsaturated/α-hetero) is 1. The number of rotatable bonds is 8. The van der Waals surface area contributed by atoms with Gasteiger partial charge < -0.3 is 31.7 Å². The van der Waals surface area contributed by atoms with E-state index in [-0.39, 0.29) is 79.5 Å². The summed E-state index contributed by atoms with van der Waals surface area (Å²) in [5.41, 5.74) is 5.80. The molecule has 4 bridgehead atoms. The molecule has 79 heavy (non-hydrogen) atoms. The smallest absolute Gasteiger partial charge is 0.311 e. The number of hydrogen-bond donors (Lipinski definition) is 6. The first-order chi connectivity index (χ1) is 37.7. The molecular formula is C60H64Cl4F2N6O7. The van der Waals surface area contributed by atoms with Crippen LogP contribution in [0.3, 0.4) is 0 Å². The molecule has 2 spiro atoms. The highest BCUT2D eigenvalue weighted by Gasteiger charge is 2.72. The van der Waals surface area contributed by atoms with Crippen molar-refractivity contribution in [2.75, 3.05) is 24.3 Å². The molecule has 4 aromatic carbocycles. The van der Waals surface area contributed by atoms with Crippen LogP contribution < -0.4 is 32.3 Å². The highest BCUT2D eigenvalue weighted by Crippen LogP contribution is 2.63. The first-order valence-electron chi connectivity index (χ1n) is 27.2. The van der Waals surface area contributed by atoms with Crippen molar-refractivity contribution < 1.29 is 42.3 Å². The van der Waals surface area contributed by atoms with Gasteiger partial charge in [-0.1, -0.05) is 102 Å². The fourth-order valence-electron chi connectivity index (χ4n) is 14.8. The van der Waals surface area contributed by atoms with Gasteiger partial charge in [-0.05, 0) is 150 Å². The molecule has 3 aliphatic heterocycles. The molecule has 8 fully saturated rings. The second-order valence-corrected chi connectivity index (χ2v) is 24.8. The second-order valence-electron chi connectivity index (χ2n) is 23.1. The van der Waals surface area contributed by atoms with Gasteiger partial charge in [0.1, 0.15) is 22.8 Å². The van der Waals surface area contributed by atoms with Crippen LogP contribution in [0.4, 0.5) is 20.2 Å². The number of esters is 1. The Morgan fingerprint density at radius 3 is 1.87 bits per heavy atom. The van der Waals surface area contributed by atoms with E-state index in [0.29, 0.717) is 45.4 Å². The van der Waals surface area contributed by atoms with E-state index in [9.17, 15) is 33.2 Å². The summed E-state index contributed by atoms with van der Waals surface area (Å²) < 4.78 is 34.9. The van der Waals surface area contributed by atoms with Gasteiger partial charge in [-0.15, -0.1) is 0 Å².